The first-order valence-corrected chi connectivity index (χ1v) is 11.2. The van der Waals surface area contributed by atoms with Gasteiger partial charge < -0.3 is 9.30 Å². The molecular weight excluding hydrogens is 419 g/mol. The van der Waals surface area contributed by atoms with Crippen molar-refractivity contribution in [1.29, 1.82) is 0 Å². The molecule has 1 unspecified atom stereocenters. The number of aryl methyl sites for hydroxylation is 1. The van der Waals surface area contributed by atoms with E-state index in [1.54, 1.807) is 4.90 Å². The highest BCUT2D eigenvalue weighted by Gasteiger charge is 2.36. The number of halogens is 3. The van der Waals surface area contributed by atoms with E-state index in [0.717, 1.165) is 35.6 Å². The Hall–Kier alpha value is -2.51. The lowest BCUT2D eigenvalue weighted by Crippen LogP contribution is -2.45. The molecule has 1 amide bonds. The minimum Gasteiger partial charge on any atom is -0.444 e. The number of amides is 1. The van der Waals surface area contributed by atoms with Crippen molar-refractivity contribution in [3.63, 3.8) is 0 Å². The first-order valence-electron chi connectivity index (χ1n) is 11.2. The maximum Gasteiger partial charge on any atom is 0.416 e. The Kier molecular flexibility index (Phi) is 5.98. The fraction of sp³-hybridized carbons (Fsp3) is 0.583. The number of carbonyl (C=O) groups is 1. The highest BCUT2D eigenvalue weighted by atomic mass is 19.4. The van der Waals surface area contributed by atoms with Gasteiger partial charge in [0.2, 0.25) is 0 Å². The van der Waals surface area contributed by atoms with Crippen molar-refractivity contribution in [2.75, 3.05) is 6.54 Å². The molecular formula is C24H30F3N3O2. The van der Waals surface area contributed by atoms with Crippen LogP contribution in [0.15, 0.2) is 30.5 Å². The van der Waals surface area contributed by atoms with E-state index in [-0.39, 0.29) is 12.1 Å². The molecule has 1 atom stereocenters. The molecule has 5 nitrogen and oxygen atoms in total. The third kappa shape index (κ3) is 5.27. The quantitative estimate of drug-likeness (QED) is 0.581. The molecule has 4 rings (SSSR count). The van der Waals surface area contributed by atoms with Crippen molar-refractivity contribution < 1.29 is 22.7 Å². The molecule has 0 radical (unpaired) electrons. The minimum absolute atomic E-state index is 0.235. The van der Waals surface area contributed by atoms with Gasteiger partial charge >= 0.3 is 12.3 Å². The standard InChI is InChI=1S/C24H30F3N3O2/c1-23(2,3)32-22(31)30-13-12-29-20(15-28-21(29)14-17-4-5-17)19(30)11-8-16-6-9-18(10-7-16)24(25,26)27/h6-7,9-10,15,17,19H,4-5,8,11-14H2,1-3H3. The van der Waals surface area contributed by atoms with Crippen LogP contribution in [0.2, 0.25) is 0 Å². The highest BCUT2D eigenvalue weighted by molar-refractivity contribution is 5.69. The molecule has 1 aliphatic carbocycles. The second kappa shape index (κ2) is 8.45. The summed E-state index contributed by atoms with van der Waals surface area (Å²) in [5.41, 5.74) is 0.517. The van der Waals surface area contributed by atoms with Crippen molar-refractivity contribution in [3.05, 3.63) is 53.1 Å². The SMILES string of the molecule is CC(C)(C)OC(=O)N1CCn2c(cnc2CC2CC2)C1CCc1ccc(C(F)(F)F)cc1. The first kappa shape index (κ1) is 22.7. The lowest BCUT2D eigenvalue weighted by atomic mass is 9.99. The Morgan fingerprint density at radius 2 is 1.81 bits per heavy atom. The summed E-state index contributed by atoms with van der Waals surface area (Å²) in [7, 11) is 0. The van der Waals surface area contributed by atoms with Gasteiger partial charge in [0.25, 0.3) is 0 Å². The number of hydrogen-bond donors (Lipinski definition) is 0. The van der Waals surface area contributed by atoms with Gasteiger partial charge in [-0.2, -0.15) is 13.2 Å². The Morgan fingerprint density at radius 3 is 2.41 bits per heavy atom. The summed E-state index contributed by atoms with van der Waals surface area (Å²) >= 11 is 0. The zero-order valence-electron chi connectivity index (χ0n) is 18.8. The van der Waals surface area contributed by atoms with E-state index in [1.807, 2.05) is 27.0 Å². The van der Waals surface area contributed by atoms with Gasteiger partial charge in [-0.3, -0.25) is 4.90 Å². The second-order valence-electron chi connectivity index (χ2n) is 9.82. The van der Waals surface area contributed by atoms with Crippen LogP contribution in [-0.4, -0.2) is 32.7 Å². The molecule has 8 heteroatoms. The summed E-state index contributed by atoms with van der Waals surface area (Å²) < 4.78 is 46.5. The van der Waals surface area contributed by atoms with Gasteiger partial charge in [0.15, 0.2) is 0 Å². The number of ether oxygens (including phenoxy) is 1. The third-order valence-electron chi connectivity index (χ3n) is 6.04. The Morgan fingerprint density at radius 1 is 1.12 bits per heavy atom. The van der Waals surface area contributed by atoms with Crippen LogP contribution >= 0.6 is 0 Å². The molecule has 32 heavy (non-hydrogen) atoms. The molecule has 0 N–H and O–H groups in total. The number of alkyl halides is 3. The van der Waals surface area contributed by atoms with Gasteiger partial charge in [-0.05, 0) is 70.1 Å². The van der Waals surface area contributed by atoms with Gasteiger partial charge in [0.05, 0.1) is 23.5 Å². The number of nitrogens with zero attached hydrogens (tertiary/aromatic N) is 3. The second-order valence-corrected chi connectivity index (χ2v) is 9.82. The normalized spacial score (nSPS) is 19.1. The van der Waals surface area contributed by atoms with Gasteiger partial charge in [0, 0.05) is 19.5 Å². The maximum absolute atomic E-state index is 12.9. The van der Waals surface area contributed by atoms with Gasteiger partial charge in [0.1, 0.15) is 11.4 Å². The van der Waals surface area contributed by atoms with Crippen LogP contribution in [0.5, 0.6) is 0 Å². The van der Waals surface area contributed by atoms with Crippen LogP contribution in [0.4, 0.5) is 18.0 Å². The van der Waals surface area contributed by atoms with E-state index >= 15 is 0 Å². The van der Waals surface area contributed by atoms with E-state index < -0.39 is 17.3 Å². The van der Waals surface area contributed by atoms with Crippen molar-refractivity contribution in [3.8, 4) is 0 Å². The van der Waals surface area contributed by atoms with Crippen molar-refractivity contribution in [2.24, 2.45) is 5.92 Å². The van der Waals surface area contributed by atoms with E-state index in [9.17, 15) is 18.0 Å². The average Bonchev–Trinajstić information content (AvgIpc) is 3.42. The van der Waals surface area contributed by atoms with Gasteiger partial charge in [-0.1, -0.05) is 12.1 Å². The molecule has 174 valence electrons. The van der Waals surface area contributed by atoms with Crippen LogP contribution in [0, 0.1) is 5.92 Å². The Bertz CT molecular complexity index is 956. The summed E-state index contributed by atoms with van der Waals surface area (Å²) in [5.74, 6) is 1.77. The molecule has 1 saturated carbocycles. The first-order chi connectivity index (χ1) is 15.0. The third-order valence-corrected chi connectivity index (χ3v) is 6.04. The Balaban J connectivity index is 1.54. The highest BCUT2D eigenvalue weighted by Crippen LogP contribution is 2.36. The van der Waals surface area contributed by atoms with Gasteiger partial charge in [-0.15, -0.1) is 0 Å². The smallest absolute Gasteiger partial charge is 0.416 e. The lowest BCUT2D eigenvalue weighted by Gasteiger charge is -2.38. The number of rotatable bonds is 5. The summed E-state index contributed by atoms with van der Waals surface area (Å²) in [6.45, 7) is 6.71. The largest absolute Gasteiger partial charge is 0.444 e. The molecule has 0 saturated heterocycles. The van der Waals surface area contributed by atoms with Crippen LogP contribution < -0.4 is 0 Å². The van der Waals surface area contributed by atoms with Crippen LogP contribution in [0.1, 0.15) is 68.7 Å². The van der Waals surface area contributed by atoms with Crippen molar-refractivity contribution >= 4 is 6.09 Å². The van der Waals surface area contributed by atoms with E-state index in [2.05, 4.69) is 9.55 Å². The van der Waals surface area contributed by atoms with Crippen LogP contribution in [-0.2, 0) is 30.3 Å². The maximum atomic E-state index is 12.9. The number of imidazole rings is 1. The molecule has 1 aliphatic heterocycles. The molecule has 2 heterocycles. The van der Waals surface area contributed by atoms with Crippen molar-refractivity contribution in [2.45, 2.75) is 77.2 Å². The predicted octanol–water partition coefficient (Wildman–Crippen LogP) is 5.78. The number of carbonyl (C=O) groups excluding carboxylic acids is 1. The predicted molar refractivity (Wildman–Crippen MR) is 114 cm³/mol. The molecule has 2 aliphatic rings. The summed E-state index contributed by atoms with van der Waals surface area (Å²) in [5, 5.41) is 0. The minimum atomic E-state index is -4.35. The van der Waals surface area contributed by atoms with E-state index in [1.165, 1.54) is 25.0 Å². The number of fused-ring (bicyclic) bond motifs is 1. The molecule has 0 bridgehead atoms. The fourth-order valence-corrected chi connectivity index (χ4v) is 4.23. The number of benzene rings is 1. The number of hydrogen-bond acceptors (Lipinski definition) is 3. The van der Waals surface area contributed by atoms with Crippen molar-refractivity contribution in [1.82, 2.24) is 14.5 Å². The van der Waals surface area contributed by atoms with Gasteiger partial charge in [-0.25, -0.2) is 9.78 Å². The summed E-state index contributed by atoms with van der Waals surface area (Å²) in [6, 6.07) is 5.01. The monoisotopic (exact) mass is 449 g/mol. The summed E-state index contributed by atoms with van der Waals surface area (Å²) in [4.78, 5) is 19.3. The fourth-order valence-electron chi connectivity index (χ4n) is 4.23. The zero-order valence-corrected chi connectivity index (χ0v) is 18.8. The zero-order chi connectivity index (χ0) is 23.1. The van der Waals surface area contributed by atoms with Crippen LogP contribution in [0.25, 0.3) is 0 Å². The van der Waals surface area contributed by atoms with Crippen LogP contribution in [0.3, 0.4) is 0 Å². The molecule has 1 aromatic carbocycles. The number of aromatic nitrogens is 2. The Labute approximate surface area is 186 Å². The molecule has 2 aromatic rings. The van der Waals surface area contributed by atoms with E-state index in [0.29, 0.717) is 31.8 Å². The molecule has 1 aromatic heterocycles. The topological polar surface area (TPSA) is 47.4 Å². The average molecular weight is 450 g/mol. The summed E-state index contributed by atoms with van der Waals surface area (Å²) in [6.07, 6.45) is 1.70. The van der Waals surface area contributed by atoms with E-state index in [4.69, 9.17) is 4.74 Å². The molecule has 1 fully saturated rings. The lowest BCUT2D eigenvalue weighted by molar-refractivity contribution is -0.137. The molecule has 0 spiro atoms.